The Balaban J connectivity index is 1.96. The summed E-state index contributed by atoms with van der Waals surface area (Å²) in [5, 5.41) is 6.04. The molecule has 0 aliphatic carbocycles. The second-order valence-electron chi connectivity index (χ2n) is 4.59. The molecule has 0 radical (unpaired) electrons. The van der Waals surface area contributed by atoms with Gasteiger partial charge in [-0.05, 0) is 29.8 Å². The molecule has 96 valence electrons. The molecule has 0 spiro atoms. The lowest BCUT2D eigenvalue weighted by Gasteiger charge is -2.15. The first kappa shape index (κ1) is 12.3. The Kier molecular flexibility index (Phi) is 3.58. The zero-order valence-electron chi connectivity index (χ0n) is 10.8. The number of hydrogen-bond donors (Lipinski definition) is 1. The highest BCUT2D eigenvalue weighted by Crippen LogP contribution is 2.25. The minimum absolute atomic E-state index is 0.332. The molecule has 19 heavy (non-hydrogen) atoms. The van der Waals surface area contributed by atoms with Crippen molar-refractivity contribution in [2.45, 2.75) is 12.5 Å². The van der Waals surface area contributed by atoms with Crippen molar-refractivity contribution in [3.05, 3.63) is 64.6 Å². The van der Waals surface area contributed by atoms with Crippen LogP contribution in [0.4, 0.5) is 0 Å². The van der Waals surface area contributed by atoms with Gasteiger partial charge in [0.2, 0.25) is 0 Å². The van der Waals surface area contributed by atoms with E-state index in [0.29, 0.717) is 6.04 Å². The molecule has 1 unspecified atom stereocenters. The number of hydrogen-bond acceptors (Lipinski definition) is 3. The van der Waals surface area contributed by atoms with Crippen molar-refractivity contribution < 1.29 is 0 Å². The fourth-order valence-electron chi connectivity index (χ4n) is 2.43. The van der Waals surface area contributed by atoms with E-state index in [-0.39, 0.29) is 0 Å². The molecule has 0 fully saturated rings. The Labute approximate surface area is 117 Å². The molecule has 0 aliphatic rings. The first-order valence-electron chi connectivity index (χ1n) is 6.41. The summed E-state index contributed by atoms with van der Waals surface area (Å²) in [7, 11) is 2.01. The molecule has 0 amide bonds. The van der Waals surface area contributed by atoms with Crippen molar-refractivity contribution in [2.75, 3.05) is 7.05 Å². The van der Waals surface area contributed by atoms with Gasteiger partial charge >= 0.3 is 0 Å². The van der Waals surface area contributed by atoms with Crippen molar-refractivity contribution in [2.24, 2.45) is 0 Å². The van der Waals surface area contributed by atoms with Gasteiger partial charge in [-0.2, -0.15) is 0 Å². The van der Waals surface area contributed by atoms with Gasteiger partial charge in [-0.1, -0.05) is 42.5 Å². The Hall–Kier alpha value is -1.71. The third kappa shape index (κ3) is 2.53. The Morgan fingerprint density at radius 2 is 2.00 bits per heavy atom. The molecule has 2 aromatic carbocycles. The quantitative estimate of drug-likeness (QED) is 0.778. The largest absolute Gasteiger partial charge is 0.312 e. The fraction of sp³-hybridized carbons (Fsp3) is 0.188. The van der Waals surface area contributed by atoms with Gasteiger partial charge in [0, 0.05) is 17.1 Å². The van der Waals surface area contributed by atoms with Gasteiger partial charge in [-0.3, -0.25) is 4.98 Å². The lowest BCUT2D eigenvalue weighted by molar-refractivity contribution is 0.603. The third-order valence-corrected chi connectivity index (χ3v) is 4.34. The van der Waals surface area contributed by atoms with Crippen molar-refractivity contribution in [1.29, 1.82) is 0 Å². The number of benzene rings is 2. The molecule has 1 aromatic heterocycles. The molecule has 0 aliphatic heterocycles. The lowest BCUT2D eigenvalue weighted by Crippen LogP contribution is -2.17. The molecule has 0 saturated carbocycles. The Morgan fingerprint density at radius 3 is 2.79 bits per heavy atom. The first-order valence-corrected chi connectivity index (χ1v) is 7.29. The second-order valence-corrected chi connectivity index (χ2v) is 5.51. The SMILES string of the molecule is CNC(Cc1cccc2ccccc12)c1cncs1. The number of nitrogens with one attached hydrogen (secondary N) is 1. The van der Waals surface area contributed by atoms with Crippen molar-refractivity contribution >= 4 is 22.1 Å². The van der Waals surface area contributed by atoms with Crippen molar-refractivity contribution in [3.8, 4) is 0 Å². The third-order valence-electron chi connectivity index (χ3n) is 3.45. The normalized spacial score (nSPS) is 12.7. The zero-order valence-corrected chi connectivity index (χ0v) is 11.7. The van der Waals surface area contributed by atoms with Gasteiger partial charge in [0.05, 0.1) is 5.51 Å². The van der Waals surface area contributed by atoms with Crippen LogP contribution in [0.1, 0.15) is 16.5 Å². The van der Waals surface area contributed by atoms with Crippen LogP contribution in [0.2, 0.25) is 0 Å². The molecule has 3 rings (SSSR count). The Morgan fingerprint density at radius 1 is 1.16 bits per heavy atom. The minimum atomic E-state index is 0.332. The maximum absolute atomic E-state index is 4.17. The van der Waals surface area contributed by atoms with E-state index in [1.54, 1.807) is 11.3 Å². The number of likely N-dealkylation sites (N-methyl/N-ethyl adjacent to an activating group) is 1. The van der Waals surface area contributed by atoms with Gasteiger partial charge < -0.3 is 5.32 Å². The average molecular weight is 268 g/mol. The van der Waals surface area contributed by atoms with E-state index in [1.165, 1.54) is 21.2 Å². The highest BCUT2D eigenvalue weighted by Gasteiger charge is 2.13. The summed E-state index contributed by atoms with van der Waals surface area (Å²) < 4.78 is 0. The van der Waals surface area contributed by atoms with E-state index in [0.717, 1.165) is 6.42 Å². The number of fused-ring (bicyclic) bond motifs is 1. The van der Waals surface area contributed by atoms with E-state index < -0.39 is 0 Å². The molecule has 0 saturated heterocycles. The number of nitrogens with zero attached hydrogens (tertiary/aromatic N) is 1. The smallest absolute Gasteiger partial charge is 0.0794 e. The van der Waals surface area contributed by atoms with Gasteiger partial charge in [0.1, 0.15) is 0 Å². The van der Waals surface area contributed by atoms with E-state index in [2.05, 4.69) is 52.8 Å². The van der Waals surface area contributed by atoms with Gasteiger partial charge in [0.25, 0.3) is 0 Å². The van der Waals surface area contributed by atoms with E-state index in [1.807, 2.05) is 18.8 Å². The summed E-state index contributed by atoms with van der Waals surface area (Å²) in [4.78, 5) is 5.46. The molecule has 3 aromatic rings. The van der Waals surface area contributed by atoms with Crippen molar-refractivity contribution in [1.82, 2.24) is 10.3 Å². The van der Waals surface area contributed by atoms with E-state index in [9.17, 15) is 0 Å². The van der Waals surface area contributed by atoms with Crippen LogP contribution in [0.5, 0.6) is 0 Å². The fourth-order valence-corrected chi connectivity index (χ4v) is 3.16. The van der Waals surface area contributed by atoms with Crippen LogP contribution < -0.4 is 5.32 Å². The standard InChI is InChI=1S/C16H16N2S/c1-17-15(16-10-18-11-19-16)9-13-7-4-6-12-5-2-3-8-14(12)13/h2-8,10-11,15,17H,9H2,1H3. The van der Waals surface area contributed by atoms with Crippen LogP contribution in [0, 0.1) is 0 Å². The number of thiazole rings is 1. The van der Waals surface area contributed by atoms with Crippen molar-refractivity contribution in [3.63, 3.8) is 0 Å². The molecular formula is C16H16N2S. The summed E-state index contributed by atoms with van der Waals surface area (Å²) in [6.07, 6.45) is 2.94. The molecular weight excluding hydrogens is 252 g/mol. The minimum Gasteiger partial charge on any atom is -0.312 e. The second kappa shape index (κ2) is 5.51. The van der Waals surface area contributed by atoms with Gasteiger partial charge in [-0.25, -0.2) is 0 Å². The first-order chi connectivity index (χ1) is 9.38. The molecule has 0 bridgehead atoms. The summed E-state index contributed by atoms with van der Waals surface area (Å²) in [5.74, 6) is 0. The monoisotopic (exact) mass is 268 g/mol. The van der Waals surface area contributed by atoms with E-state index >= 15 is 0 Å². The zero-order chi connectivity index (χ0) is 13.1. The Bertz CT molecular complexity index is 656. The van der Waals surface area contributed by atoms with Crippen LogP contribution >= 0.6 is 11.3 Å². The molecule has 1 heterocycles. The van der Waals surface area contributed by atoms with Crippen LogP contribution in [0.3, 0.4) is 0 Å². The van der Waals surface area contributed by atoms with Crippen LogP contribution in [-0.2, 0) is 6.42 Å². The topological polar surface area (TPSA) is 24.9 Å². The molecule has 2 nitrogen and oxygen atoms in total. The number of aromatic nitrogens is 1. The summed E-state index contributed by atoms with van der Waals surface area (Å²) in [6.45, 7) is 0. The lowest BCUT2D eigenvalue weighted by atomic mass is 9.98. The summed E-state index contributed by atoms with van der Waals surface area (Å²) >= 11 is 1.71. The van der Waals surface area contributed by atoms with Gasteiger partial charge in [-0.15, -0.1) is 11.3 Å². The van der Waals surface area contributed by atoms with E-state index in [4.69, 9.17) is 0 Å². The predicted molar refractivity (Wildman–Crippen MR) is 81.6 cm³/mol. The summed E-state index contributed by atoms with van der Waals surface area (Å²) in [5.41, 5.74) is 3.27. The van der Waals surface area contributed by atoms with Gasteiger partial charge in [0.15, 0.2) is 0 Å². The molecule has 1 atom stereocenters. The molecule has 3 heteroatoms. The maximum atomic E-state index is 4.17. The summed E-state index contributed by atoms with van der Waals surface area (Å²) in [6, 6.07) is 15.4. The maximum Gasteiger partial charge on any atom is 0.0794 e. The highest BCUT2D eigenvalue weighted by atomic mass is 32.1. The average Bonchev–Trinajstić information content (AvgIpc) is 2.99. The van der Waals surface area contributed by atoms with Crippen LogP contribution in [-0.4, -0.2) is 12.0 Å². The van der Waals surface area contributed by atoms with Crippen LogP contribution in [0.15, 0.2) is 54.2 Å². The number of rotatable bonds is 4. The van der Waals surface area contributed by atoms with Crippen LogP contribution in [0.25, 0.3) is 10.8 Å². The molecule has 1 N–H and O–H groups in total. The predicted octanol–water partition coefficient (Wildman–Crippen LogP) is 3.80. The highest BCUT2D eigenvalue weighted by molar-refractivity contribution is 7.09.